The van der Waals surface area contributed by atoms with E-state index in [9.17, 15) is 13.2 Å². The monoisotopic (exact) mass is 356 g/mol. The predicted molar refractivity (Wildman–Crippen MR) is 84.5 cm³/mol. The van der Waals surface area contributed by atoms with Gasteiger partial charge in [-0.3, -0.25) is 0 Å². The maximum atomic E-state index is 12.9. The lowest BCUT2D eigenvalue weighted by atomic mass is 10.1. The highest BCUT2D eigenvalue weighted by molar-refractivity contribution is 7.80. The quantitative estimate of drug-likeness (QED) is 0.487. The molecular formula is C15H8ClF3N2OS. The molecule has 0 spiro atoms. The molecule has 2 aromatic rings. The predicted octanol–water partition coefficient (Wildman–Crippen LogP) is 4.81. The molecule has 0 saturated heterocycles. The molecule has 1 heterocycles. The Morgan fingerprint density at radius 1 is 1.30 bits per heavy atom. The van der Waals surface area contributed by atoms with Gasteiger partial charge < -0.3 is 10.2 Å². The summed E-state index contributed by atoms with van der Waals surface area (Å²) in [7, 11) is 0. The molecule has 8 heteroatoms. The lowest BCUT2D eigenvalue weighted by Gasteiger charge is -2.09. The van der Waals surface area contributed by atoms with E-state index in [0.29, 0.717) is 0 Å². The summed E-state index contributed by atoms with van der Waals surface area (Å²) in [6.07, 6.45) is -3.26. The average Bonchev–Trinajstić information content (AvgIpc) is 2.92. The van der Waals surface area contributed by atoms with Crippen molar-refractivity contribution in [2.75, 3.05) is 0 Å². The minimum Gasteiger partial charge on any atom is -0.457 e. The lowest BCUT2D eigenvalue weighted by molar-refractivity contribution is -0.137. The number of nitriles is 1. The van der Waals surface area contributed by atoms with Crippen molar-refractivity contribution in [3.63, 3.8) is 0 Å². The molecule has 2 N–H and O–H groups in total. The Morgan fingerprint density at radius 3 is 2.57 bits per heavy atom. The zero-order chi connectivity index (χ0) is 17.2. The number of hydrogen-bond donors (Lipinski definition) is 1. The molecule has 0 fully saturated rings. The van der Waals surface area contributed by atoms with E-state index >= 15 is 0 Å². The first-order valence-corrected chi connectivity index (χ1v) is 6.89. The van der Waals surface area contributed by atoms with Crippen LogP contribution in [0.1, 0.15) is 11.3 Å². The molecule has 0 radical (unpaired) electrons. The summed E-state index contributed by atoms with van der Waals surface area (Å²) >= 11 is 10.3. The van der Waals surface area contributed by atoms with E-state index < -0.39 is 16.8 Å². The van der Waals surface area contributed by atoms with Crippen LogP contribution in [0, 0.1) is 11.3 Å². The summed E-state index contributed by atoms with van der Waals surface area (Å²) in [5, 5.41) is 8.48. The zero-order valence-electron chi connectivity index (χ0n) is 11.3. The number of benzene rings is 1. The van der Waals surface area contributed by atoms with Crippen LogP contribution in [0.3, 0.4) is 0 Å². The molecule has 3 nitrogen and oxygen atoms in total. The first-order valence-electron chi connectivity index (χ1n) is 6.11. The molecule has 0 saturated carbocycles. The Morgan fingerprint density at radius 2 is 2.00 bits per heavy atom. The number of alkyl halides is 3. The molecule has 118 valence electrons. The maximum absolute atomic E-state index is 12.9. The molecule has 1 aromatic heterocycles. The molecule has 2 rings (SSSR count). The fraction of sp³-hybridized carbons (Fsp3) is 0.0667. The second-order valence-corrected chi connectivity index (χ2v) is 5.28. The smallest absolute Gasteiger partial charge is 0.417 e. The van der Waals surface area contributed by atoms with Gasteiger partial charge in [-0.05, 0) is 30.3 Å². The third-order valence-corrected chi connectivity index (χ3v) is 3.41. The fourth-order valence-corrected chi connectivity index (χ4v) is 2.11. The number of nitrogens with zero attached hydrogens (tertiary/aromatic N) is 1. The molecule has 1 aromatic carbocycles. The molecule has 0 atom stereocenters. The number of nitrogens with two attached hydrogens (primary N) is 1. The van der Waals surface area contributed by atoms with Crippen LogP contribution in [0.15, 0.2) is 40.3 Å². The molecule has 0 unspecified atom stereocenters. The van der Waals surface area contributed by atoms with Crippen LogP contribution in [0.5, 0.6) is 0 Å². The van der Waals surface area contributed by atoms with Crippen molar-refractivity contribution in [2.24, 2.45) is 5.73 Å². The first-order chi connectivity index (χ1) is 10.7. The van der Waals surface area contributed by atoms with Gasteiger partial charge in [0.15, 0.2) is 0 Å². The van der Waals surface area contributed by atoms with Gasteiger partial charge in [-0.2, -0.15) is 18.4 Å². The van der Waals surface area contributed by atoms with Gasteiger partial charge >= 0.3 is 6.18 Å². The molecule has 0 aliphatic heterocycles. The second-order valence-electron chi connectivity index (χ2n) is 4.43. The van der Waals surface area contributed by atoms with Crippen LogP contribution < -0.4 is 5.73 Å². The molecular weight excluding hydrogens is 349 g/mol. The fourth-order valence-electron chi connectivity index (χ4n) is 1.78. The van der Waals surface area contributed by atoms with E-state index in [0.717, 1.165) is 12.1 Å². The molecule has 23 heavy (non-hydrogen) atoms. The topological polar surface area (TPSA) is 63.0 Å². The van der Waals surface area contributed by atoms with Crippen molar-refractivity contribution in [1.29, 1.82) is 5.26 Å². The van der Waals surface area contributed by atoms with Crippen LogP contribution in [-0.2, 0) is 6.18 Å². The van der Waals surface area contributed by atoms with E-state index in [1.807, 2.05) is 0 Å². The number of thiocarbonyl (C=S) groups is 1. The Labute approximate surface area is 139 Å². The number of halogens is 4. The number of hydrogen-bond acceptors (Lipinski definition) is 3. The summed E-state index contributed by atoms with van der Waals surface area (Å²) in [6.45, 7) is 0. The highest BCUT2D eigenvalue weighted by Gasteiger charge is 2.33. The van der Waals surface area contributed by atoms with Crippen molar-refractivity contribution in [3.8, 4) is 17.4 Å². The summed E-state index contributed by atoms with van der Waals surface area (Å²) in [4.78, 5) is -0.101. The van der Waals surface area contributed by atoms with Gasteiger partial charge in [0.1, 0.15) is 22.6 Å². The first kappa shape index (κ1) is 17.1. The Hall–Kier alpha value is -2.30. The normalized spacial score (nSPS) is 12.0. The minimum absolute atomic E-state index is 0.0352. The van der Waals surface area contributed by atoms with Crippen molar-refractivity contribution < 1.29 is 17.6 Å². The van der Waals surface area contributed by atoms with Crippen LogP contribution in [0.2, 0.25) is 5.02 Å². The van der Waals surface area contributed by atoms with Gasteiger partial charge in [0.05, 0.1) is 16.2 Å². The van der Waals surface area contributed by atoms with E-state index in [4.69, 9.17) is 39.2 Å². The molecule has 0 amide bonds. The van der Waals surface area contributed by atoms with Gasteiger partial charge in [0.25, 0.3) is 0 Å². The summed E-state index contributed by atoms with van der Waals surface area (Å²) in [5.74, 6) is 0.437. The summed E-state index contributed by atoms with van der Waals surface area (Å²) in [6, 6.07) is 8.22. The Kier molecular flexibility index (Phi) is 4.78. The molecule has 0 bridgehead atoms. The van der Waals surface area contributed by atoms with Crippen LogP contribution in [-0.4, -0.2) is 4.99 Å². The van der Waals surface area contributed by atoms with Gasteiger partial charge in [-0.25, -0.2) is 0 Å². The lowest BCUT2D eigenvalue weighted by Crippen LogP contribution is -2.09. The Bertz CT molecular complexity index is 834. The summed E-state index contributed by atoms with van der Waals surface area (Å²) < 4.78 is 44.0. The van der Waals surface area contributed by atoms with Crippen LogP contribution in [0.25, 0.3) is 17.4 Å². The highest BCUT2D eigenvalue weighted by Crippen LogP contribution is 2.37. The summed E-state index contributed by atoms with van der Waals surface area (Å²) in [5.41, 5.74) is 4.64. The van der Waals surface area contributed by atoms with Crippen LogP contribution >= 0.6 is 23.8 Å². The van der Waals surface area contributed by atoms with Gasteiger partial charge in [0, 0.05) is 11.6 Å². The van der Waals surface area contributed by atoms with Crippen molar-refractivity contribution in [2.45, 2.75) is 6.18 Å². The standard InChI is InChI=1S/C15H8ClF3N2OS/c16-12-3-1-8(6-11(12)15(17,18)19)13-4-2-10(22-13)5-9(7-20)14(21)23/h1-6H,(H2,21,23)/b9-5+. The van der Waals surface area contributed by atoms with Crippen molar-refractivity contribution >= 4 is 34.9 Å². The highest BCUT2D eigenvalue weighted by atomic mass is 35.5. The van der Waals surface area contributed by atoms with E-state index in [2.05, 4.69) is 0 Å². The van der Waals surface area contributed by atoms with Gasteiger partial charge in [-0.1, -0.05) is 23.8 Å². The van der Waals surface area contributed by atoms with Crippen molar-refractivity contribution in [3.05, 3.63) is 52.3 Å². The molecule has 0 aliphatic rings. The average molecular weight is 357 g/mol. The van der Waals surface area contributed by atoms with E-state index in [1.54, 1.807) is 6.07 Å². The SMILES string of the molecule is N#C/C(=C\c1ccc(-c2ccc(Cl)c(C(F)(F)F)c2)o1)C(N)=S. The third-order valence-electron chi connectivity index (χ3n) is 2.86. The zero-order valence-corrected chi connectivity index (χ0v) is 12.9. The van der Waals surface area contributed by atoms with Gasteiger partial charge in [0.2, 0.25) is 0 Å². The minimum atomic E-state index is -4.57. The molecule has 0 aliphatic carbocycles. The Balaban J connectivity index is 2.43. The second kappa shape index (κ2) is 6.44. The van der Waals surface area contributed by atoms with E-state index in [1.165, 1.54) is 24.3 Å². The maximum Gasteiger partial charge on any atom is 0.417 e. The van der Waals surface area contributed by atoms with E-state index in [-0.39, 0.29) is 27.6 Å². The van der Waals surface area contributed by atoms with Crippen LogP contribution in [0.4, 0.5) is 13.2 Å². The van der Waals surface area contributed by atoms with Crippen molar-refractivity contribution in [1.82, 2.24) is 0 Å². The largest absolute Gasteiger partial charge is 0.457 e. The van der Waals surface area contributed by atoms with Gasteiger partial charge in [-0.15, -0.1) is 0 Å². The third kappa shape index (κ3) is 3.92. The number of furan rings is 1. The number of rotatable bonds is 3.